The highest BCUT2D eigenvalue weighted by molar-refractivity contribution is 8.00. The van der Waals surface area contributed by atoms with Gasteiger partial charge in [-0.3, -0.25) is 9.59 Å². The summed E-state index contributed by atoms with van der Waals surface area (Å²) in [6, 6.07) is 16.9. The van der Waals surface area contributed by atoms with Crippen molar-refractivity contribution in [3.8, 4) is 0 Å². The molecule has 1 atom stereocenters. The van der Waals surface area contributed by atoms with Gasteiger partial charge in [0.25, 0.3) is 5.91 Å². The van der Waals surface area contributed by atoms with Gasteiger partial charge in [-0.1, -0.05) is 30.3 Å². The highest BCUT2D eigenvalue weighted by atomic mass is 32.2. The minimum Gasteiger partial charge on any atom is -0.478 e. The summed E-state index contributed by atoms with van der Waals surface area (Å²) < 4.78 is 10.6. The van der Waals surface area contributed by atoms with Crippen LogP contribution in [0.3, 0.4) is 0 Å². The van der Waals surface area contributed by atoms with E-state index in [-0.39, 0.29) is 29.1 Å². The summed E-state index contributed by atoms with van der Waals surface area (Å²) in [6.07, 6.45) is -0.0396. The SMILES string of the molecule is COC(=O)c1c(NC(=O)C(C)Sc2cccc(NC(=O)c3cccc4cccc(C(=O)O)c34)c2)sc2c1CCN(C(=O)OC(C)(C)C)C2. The maximum absolute atomic E-state index is 13.4. The van der Waals surface area contributed by atoms with E-state index in [0.717, 1.165) is 10.4 Å². The molecule has 48 heavy (non-hydrogen) atoms. The molecule has 1 aliphatic rings. The van der Waals surface area contributed by atoms with E-state index in [1.807, 2.05) is 0 Å². The van der Waals surface area contributed by atoms with Crippen LogP contribution in [0.4, 0.5) is 15.5 Å². The van der Waals surface area contributed by atoms with Crippen LogP contribution in [-0.2, 0) is 27.2 Å². The molecule has 0 spiro atoms. The second-order valence-electron chi connectivity index (χ2n) is 12.1. The van der Waals surface area contributed by atoms with E-state index in [1.54, 1.807) is 87.2 Å². The van der Waals surface area contributed by atoms with Crippen molar-refractivity contribution in [1.82, 2.24) is 4.90 Å². The Labute approximate surface area is 285 Å². The van der Waals surface area contributed by atoms with Crippen molar-refractivity contribution in [2.75, 3.05) is 24.3 Å². The maximum atomic E-state index is 13.4. The Kier molecular flexibility index (Phi) is 10.1. The first-order chi connectivity index (χ1) is 22.8. The summed E-state index contributed by atoms with van der Waals surface area (Å²) in [5.74, 6) is -2.52. The van der Waals surface area contributed by atoms with Gasteiger partial charge < -0.3 is 30.1 Å². The summed E-state index contributed by atoms with van der Waals surface area (Å²) in [4.78, 5) is 67.1. The number of thiophene rings is 1. The topological polar surface area (TPSA) is 151 Å². The van der Waals surface area contributed by atoms with Crippen LogP contribution in [0.2, 0.25) is 0 Å². The number of carboxylic acids is 1. The lowest BCUT2D eigenvalue weighted by Gasteiger charge is -2.30. The van der Waals surface area contributed by atoms with E-state index >= 15 is 0 Å². The van der Waals surface area contributed by atoms with Gasteiger partial charge >= 0.3 is 18.0 Å². The third-order valence-corrected chi connectivity index (χ3v) is 9.71. The van der Waals surface area contributed by atoms with E-state index in [4.69, 9.17) is 9.47 Å². The predicted octanol–water partition coefficient (Wildman–Crippen LogP) is 7.05. The number of rotatable bonds is 8. The number of esters is 1. The maximum Gasteiger partial charge on any atom is 0.410 e. The van der Waals surface area contributed by atoms with Gasteiger partial charge in [0.15, 0.2) is 0 Å². The van der Waals surface area contributed by atoms with Crippen LogP contribution >= 0.6 is 23.1 Å². The van der Waals surface area contributed by atoms with Crippen LogP contribution in [0.15, 0.2) is 65.6 Å². The van der Waals surface area contributed by atoms with Crippen molar-refractivity contribution >= 4 is 74.4 Å². The molecule has 3 aromatic carbocycles. The largest absolute Gasteiger partial charge is 0.478 e. The monoisotopic (exact) mass is 689 g/mol. The van der Waals surface area contributed by atoms with Gasteiger partial charge in [-0.25, -0.2) is 14.4 Å². The molecule has 11 nitrogen and oxygen atoms in total. The number of ether oxygens (including phenoxy) is 2. The highest BCUT2D eigenvalue weighted by Crippen LogP contribution is 2.39. The average molecular weight is 690 g/mol. The summed E-state index contributed by atoms with van der Waals surface area (Å²) in [5, 5.41) is 16.2. The predicted molar refractivity (Wildman–Crippen MR) is 185 cm³/mol. The van der Waals surface area contributed by atoms with E-state index < -0.39 is 34.8 Å². The van der Waals surface area contributed by atoms with E-state index in [1.165, 1.54) is 36.3 Å². The number of fused-ring (bicyclic) bond motifs is 2. The quantitative estimate of drug-likeness (QED) is 0.131. The Morgan fingerprint density at radius 3 is 2.33 bits per heavy atom. The average Bonchev–Trinajstić information content (AvgIpc) is 3.39. The summed E-state index contributed by atoms with van der Waals surface area (Å²) >= 11 is 2.49. The Morgan fingerprint density at radius 2 is 1.67 bits per heavy atom. The molecule has 1 aliphatic heterocycles. The van der Waals surface area contributed by atoms with Crippen LogP contribution < -0.4 is 10.6 Å². The summed E-state index contributed by atoms with van der Waals surface area (Å²) in [5.41, 5.74) is 1.11. The molecule has 2 heterocycles. The van der Waals surface area contributed by atoms with Crippen molar-refractivity contribution in [1.29, 1.82) is 0 Å². The van der Waals surface area contributed by atoms with Gasteiger partial charge in [-0.2, -0.15) is 0 Å². The molecule has 5 rings (SSSR count). The molecule has 0 saturated heterocycles. The third kappa shape index (κ3) is 7.63. The molecular weight excluding hydrogens is 655 g/mol. The first-order valence-electron chi connectivity index (χ1n) is 15.1. The number of nitrogens with one attached hydrogen (secondary N) is 2. The molecule has 13 heteroatoms. The van der Waals surface area contributed by atoms with Crippen molar-refractivity contribution in [3.05, 3.63) is 87.8 Å². The third-order valence-electron chi connectivity index (χ3n) is 7.49. The van der Waals surface area contributed by atoms with Crippen molar-refractivity contribution < 1.29 is 38.6 Å². The fourth-order valence-corrected chi connectivity index (χ4v) is 7.50. The number of aromatic carboxylic acids is 1. The Balaban J connectivity index is 1.29. The molecular formula is C35H35N3O8S2. The lowest BCUT2D eigenvalue weighted by Crippen LogP contribution is -2.39. The number of anilines is 2. The number of hydrogen-bond acceptors (Lipinski definition) is 9. The number of carbonyl (C=O) groups excluding carboxylic acids is 4. The summed E-state index contributed by atoms with van der Waals surface area (Å²) in [7, 11) is 1.28. The van der Waals surface area contributed by atoms with Crippen LogP contribution in [0.5, 0.6) is 0 Å². The van der Waals surface area contributed by atoms with Crippen molar-refractivity contribution in [3.63, 3.8) is 0 Å². The molecule has 0 radical (unpaired) electrons. The molecule has 3 amide bonds. The van der Waals surface area contributed by atoms with Crippen LogP contribution in [-0.4, -0.2) is 64.4 Å². The lowest BCUT2D eigenvalue weighted by atomic mass is 9.98. The van der Waals surface area contributed by atoms with Crippen LogP contribution in [0, 0.1) is 0 Å². The van der Waals surface area contributed by atoms with Gasteiger partial charge in [0, 0.05) is 33.0 Å². The number of carbonyl (C=O) groups is 5. The molecule has 250 valence electrons. The zero-order chi connectivity index (χ0) is 34.7. The number of methoxy groups -OCH3 is 1. The van der Waals surface area contributed by atoms with Gasteiger partial charge in [0.2, 0.25) is 5.91 Å². The lowest BCUT2D eigenvalue weighted by molar-refractivity contribution is -0.115. The zero-order valence-electron chi connectivity index (χ0n) is 27.0. The molecule has 1 unspecified atom stereocenters. The highest BCUT2D eigenvalue weighted by Gasteiger charge is 2.33. The number of amides is 3. The van der Waals surface area contributed by atoms with Crippen molar-refractivity contribution in [2.24, 2.45) is 0 Å². The van der Waals surface area contributed by atoms with Crippen LogP contribution in [0.1, 0.15) is 69.2 Å². The second kappa shape index (κ2) is 14.1. The number of hydrogen-bond donors (Lipinski definition) is 3. The standard InChI is InChI=1S/C35H35N3O8S2/c1-19(29(39)37-31-28(33(43)45-5)23-15-16-38(18-26(23)48-31)34(44)46-35(2,3)4)47-22-12-8-11-21(17-22)36-30(40)24-13-6-9-20-10-7-14-25(27(20)24)32(41)42/h6-14,17,19H,15-16,18H2,1-5H3,(H,36,40)(H,37,39)(H,41,42). The second-order valence-corrected chi connectivity index (χ2v) is 14.6. The van der Waals surface area contributed by atoms with Crippen molar-refractivity contribution in [2.45, 2.75) is 56.4 Å². The molecule has 3 N–H and O–H groups in total. The van der Waals surface area contributed by atoms with Crippen LogP contribution in [0.25, 0.3) is 10.8 Å². The Bertz CT molecular complexity index is 1930. The molecule has 4 aromatic rings. The van der Waals surface area contributed by atoms with Gasteiger partial charge in [0.05, 0.1) is 30.0 Å². The minimum atomic E-state index is -1.13. The first kappa shape index (κ1) is 34.5. The molecule has 1 aromatic heterocycles. The fraction of sp³-hybridized carbons (Fsp3) is 0.286. The molecule has 0 aliphatic carbocycles. The minimum absolute atomic E-state index is 0.0321. The van der Waals surface area contributed by atoms with Gasteiger partial charge in [0.1, 0.15) is 10.6 Å². The van der Waals surface area contributed by atoms with E-state index in [0.29, 0.717) is 39.3 Å². The van der Waals surface area contributed by atoms with Gasteiger partial charge in [-0.15, -0.1) is 23.1 Å². The Morgan fingerprint density at radius 1 is 0.979 bits per heavy atom. The van der Waals surface area contributed by atoms with Gasteiger partial charge in [-0.05, 0) is 75.4 Å². The molecule has 0 bridgehead atoms. The smallest absolute Gasteiger partial charge is 0.410 e. The summed E-state index contributed by atoms with van der Waals surface area (Å²) in [6.45, 7) is 7.72. The molecule has 0 saturated carbocycles. The number of carboxylic acid groups (broad SMARTS) is 1. The normalized spacial score (nSPS) is 13.3. The molecule has 0 fully saturated rings. The fourth-order valence-electron chi connectivity index (χ4n) is 5.32. The zero-order valence-corrected chi connectivity index (χ0v) is 28.7. The first-order valence-corrected chi connectivity index (χ1v) is 16.8. The number of benzene rings is 3. The van der Waals surface area contributed by atoms with E-state index in [9.17, 15) is 29.1 Å². The number of thioether (sulfide) groups is 1. The number of nitrogens with zero attached hydrogens (tertiary/aromatic N) is 1. The van der Waals surface area contributed by atoms with E-state index in [2.05, 4.69) is 10.6 Å². The Hall–Kier alpha value is -4.88.